The fourth-order valence-corrected chi connectivity index (χ4v) is 0.982. The first-order chi connectivity index (χ1) is 7.20. The molecule has 0 radical (unpaired) electrons. The lowest BCUT2D eigenvalue weighted by molar-refractivity contribution is -0.276. The second-order valence-corrected chi connectivity index (χ2v) is 2.82. The van der Waals surface area contributed by atoms with Gasteiger partial charge in [-0.3, -0.25) is 0 Å². The zero-order chi connectivity index (χ0) is 12.5. The summed E-state index contributed by atoms with van der Waals surface area (Å²) < 4.78 is 39.0. The van der Waals surface area contributed by atoms with Crippen LogP contribution in [0.1, 0.15) is 16.1 Å². The van der Waals surface area contributed by atoms with Gasteiger partial charge < -0.3 is 14.9 Å². The maximum Gasteiger partial charge on any atom is 0.574 e. The van der Waals surface area contributed by atoms with Crippen molar-refractivity contribution < 1.29 is 32.9 Å². The Bertz CT molecular complexity index is 430. The summed E-state index contributed by atoms with van der Waals surface area (Å²) in [6, 6.07) is 0.931. The van der Waals surface area contributed by atoms with E-state index in [2.05, 4.69) is 9.72 Å². The summed E-state index contributed by atoms with van der Waals surface area (Å²) >= 11 is 0. The Morgan fingerprint density at radius 2 is 2.06 bits per heavy atom. The Hall–Kier alpha value is -1.99. The lowest BCUT2D eigenvalue weighted by Gasteiger charge is -2.11. The maximum atomic E-state index is 11.9. The number of carbonyl (C=O) groups is 1. The minimum absolute atomic E-state index is 0.0190. The van der Waals surface area contributed by atoms with Gasteiger partial charge in [0.05, 0.1) is 0 Å². The molecule has 0 aliphatic carbocycles. The van der Waals surface area contributed by atoms with Crippen molar-refractivity contribution in [1.29, 1.82) is 0 Å². The molecule has 0 bridgehead atoms. The molecule has 1 rings (SSSR count). The Kier molecular flexibility index (Phi) is 2.92. The molecule has 0 aromatic carbocycles. The number of pyridine rings is 1. The second-order valence-electron chi connectivity index (χ2n) is 2.82. The van der Waals surface area contributed by atoms with Gasteiger partial charge in [0.25, 0.3) is 5.88 Å². The minimum atomic E-state index is -5.05. The number of aromatic carboxylic acids is 1. The van der Waals surface area contributed by atoms with Crippen LogP contribution in [0.25, 0.3) is 0 Å². The number of nitrogens with zero attached hydrogens (tertiary/aromatic N) is 1. The van der Waals surface area contributed by atoms with Crippen LogP contribution in [0.3, 0.4) is 0 Å². The first kappa shape index (κ1) is 12.1. The number of halogens is 3. The lowest BCUT2D eigenvalue weighted by Crippen LogP contribution is -2.18. The molecule has 0 saturated carbocycles. The van der Waals surface area contributed by atoms with Crippen LogP contribution in [0, 0.1) is 6.92 Å². The lowest BCUT2D eigenvalue weighted by atomic mass is 10.2. The van der Waals surface area contributed by atoms with E-state index in [-0.39, 0.29) is 5.69 Å². The van der Waals surface area contributed by atoms with Gasteiger partial charge in [0, 0.05) is 5.69 Å². The molecule has 0 atom stereocenters. The van der Waals surface area contributed by atoms with E-state index in [4.69, 9.17) is 5.11 Å². The third-order valence-corrected chi connectivity index (χ3v) is 1.53. The van der Waals surface area contributed by atoms with E-state index < -0.39 is 29.5 Å². The van der Waals surface area contributed by atoms with E-state index in [9.17, 15) is 23.1 Å². The average molecular weight is 237 g/mol. The Morgan fingerprint density at radius 1 is 1.50 bits per heavy atom. The molecule has 1 aromatic rings. The van der Waals surface area contributed by atoms with E-state index in [1.165, 1.54) is 6.92 Å². The van der Waals surface area contributed by atoms with Crippen molar-refractivity contribution in [2.75, 3.05) is 0 Å². The van der Waals surface area contributed by atoms with Crippen molar-refractivity contribution in [3.63, 3.8) is 0 Å². The molecule has 1 heterocycles. The van der Waals surface area contributed by atoms with E-state index >= 15 is 0 Å². The summed E-state index contributed by atoms with van der Waals surface area (Å²) in [7, 11) is 0. The normalized spacial score (nSPS) is 11.2. The van der Waals surface area contributed by atoms with E-state index in [1.54, 1.807) is 0 Å². The molecule has 0 aliphatic rings. The number of hydrogen-bond donors (Lipinski definition) is 2. The number of aryl methyl sites for hydroxylation is 1. The zero-order valence-electron chi connectivity index (χ0n) is 7.87. The van der Waals surface area contributed by atoms with E-state index in [1.807, 2.05) is 0 Å². The van der Waals surface area contributed by atoms with Crippen molar-refractivity contribution >= 4 is 5.97 Å². The topological polar surface area (TPSA) is 79.7 Å². The molecule has 0 spiro atoms. The van der Waals surface area contributed by atoms with Gasteiger partial charge in [-0.2, -0.15) is 0 Å². The molecule has 0 fully saturated rings. The highest BCUT2D eigenvalue weighted by atomic mass is 19.4. The second kappa shape index (κ2) is 3.87. The molecule has 88 valence electrons. The molecule has 5 nitrogen and oxygen atoms in total. The maximum absolute atomic E-state index is 11.9. The number of carboxylic acids is 1. The summed E-state index contributed by atoms with van der Waals surface area (Å²) in [6.45, 7) is 1.27. The van der Waals surface area contributed by atoms with Crippen LogP contribution in [0.5, 0.6) is 11.6 Å². The van der Waals surface area contributed by atoms with Crippen LogP contribution in [-0.2, 0) is 0 Å². The quantitative estimate of drug-likeness (QED) is 0.818. The van der Waals surface area contributed by atoms with Crippen molar-refractivity contribution in [3.8, 4) is 11.6 Å². The van der Waals surface area contributed by atoms with Crippen LogP contribution in [0.15, 0.2) is 6.07 Å². The summed E-state index contributed by atoms with van der Waals surface area (Å²) in [6.07, 6.45) is -5.05. The number of alkyl halides is 3. The van der Waals surface area contributed by atoms with E-state index in [0.29, 0.717) is 0 Å². The highest BCUT2D eigenvalue weighted by Crippen LogP contribution is 2.32. The SMILES string of the molecule is Cc1cc(C(=O)O)c(O)c(OC(F)(F)F)n1. The van der Waals surface area contributed by atoms with Crippen LogP contribution >= 0.6 is 0 Å². The van der Waals surface area contributed by atoms with Crippen LogP contribution < -0.4 is 4.74 Å². The summed E-state index contributed by atoms with van der Waals surface area (Å²) in [5.74, 6) is -3.91. The van der Waals surface area contributed by atoms with Crippen molar-refractivity contribution in [2.24, 2.45) is 0 Å². The number of ether oxygens (including phenoxy) is 1. The summed E-state index contributed by atoms with van der Waals surface area (Å²) in [5.41, 5.74) is -0.721. The monoisotopic (exact) mass is 237 g/mol. The first-order valence-electron chi connectivity index (χ1n) is 3.90. The number of aromatic nitrogens is 1. The van der Waals surface area contributed by atoms with Gasteiger partial charge in [-0.05, 0) is 13.0 Å². The van der Waals surface area contributed by atoms with Gasteiger partial charge >= 0.3 is 12.3 Å². The Balaban J connectivity index is 3.25. The van der Waals surface area contributed by atoms with Crippen molar-refractivity contribution in [2.45, 2.75) is 13.3 Å². The zero-order valence-corrected chi connectivity index (χ0v) is 7.87. The predicted octanol–water partition coefficient (Wildman–Crippen LogP) is 1.69. The highest BCUT2D eigenvalue weighted by molar-refractivity contribution is 5.91. The van der Waals surface area contributed by atoms with Crippen molar-refractivity contribution in [1.82, 2.24) is 4.98 Å². The smallest absolute Gasteiger partial charge is 0.502 e. The molecule has 2 N–H and O–H groups in total. The molecule has 0 unspecified atom stereocenters. The number of rotatable bonds is 2. The molecule has 0 aliphatic heterocycles. The van der Waals surface area contributed by atoms with Gasteiger partial charge in [-0.15, -0.1) is 13.2 Å². The third kappa shape index (κ3) is 2.75. The van der Waals surface area contributed by atoms with E-state index in [0.717, 1.165) is 6.07 Å². The average Bonchev–Trinajstić information content (AvgIpc) is 2.07. The predicted molar refractivity (Wildman–Crippen MR) is 44.3 cm³/mol. The fourth-order valence-electron chi connectivity index (χ4n) is 0.982. The van der Waals surface area contributed by atoms with Gasteiger partial charge in [0.15, 0.2) is 5.75 Å². The molecule has 1 aromatic heterocycles. The van der Waals surface area contributed by atoms with Crippen LogP contribution in [0.2, 0.25) is 0 Å². The number of hydrogen-bond acceptors (Lipinski definition) is 4. The van der Waals surface area contributed by atoms with Gasteiger partial charge in [-0.1, -0.05) is 0 Å². The molecular formula is C8H6F3NO4. The Labute approximate surface area is 87.1 Å². The highest BCUT2D eigenvalue weighted by Gasteiger charge is 2.34. The van der Waals surface area contributed by atoms with Gasteiger partial charge in [-0.25, -0.2) is 9.78 Å². The van der Waals surface area contributed by atoms with Gasteiger partial charge in [0.2, 0.25) is 0 Å². The summed E-state index contributed by atoms with van der Waals surface area (Å²) in [5, 5.41) is 17.8. The van der Waals surface area contributed by atoms with Crippen LogP contribution in [0.4, 0.5) is 13.2 Å². The molecule has 8 heteroatoms. The fraction of sp³-hybridized carbons (Fsp3) is 0.250. The standard InChI is InChI=1S/C8H6F3NO4/c1-3-2-4(7(14)15)5(13)6(12-3)16-8(9,10)11/h2,13H,1H3,(H,14,15). The van der Waals surface area contributed by atoms with Gasteiger partial charge in [0.1, 0.15) is 5.56 Å². The molecule has 0 amide bonds. The van der Waals surface area contributed by atoms with Crippen LogP contribution in [-0.4, -0.2) is 27.5 Å². The summed E-state index contributed by atoms with van der Waals surface area (Å²) in [4.78, 5) is 13.8. The Morgan fingerprint density at radius 3 is 2.50 bits per heavy atom. The minimum Gasteiger partial charge on any atom is -0.502 e. The first-order valence-corrected chi connectivity index (χ1v) is 3.90. The molecule has 16 heavy (non-hydrogen) atoms. The number of aromatic hydroxyl groups is 1. The number of carboxylic acid groups (broad SMARTS) is 1. The molecule has 0 saturated heterocycles. The molecular weight excluding hydrogens is 231 g/mol. The third-order valence-electron chi connectivity index (χ3n) is 1.53. The largest absolute Gasteiger partial charge is 0.574 e. The van der Waals surface area contributed by atoms with Crippen molar-refractivity contribution in [3.05, 3.63) is 17.3 Å².